The van der Waals surface area contributed by atoms with Gasteiger partial charge in [0.1, 0.15) is 5.65 Å². The molecule has 0 aromatic carbocycles. The Hall–Kier alpha value is -1.56. The summed E-state index contributed by atoms with van der Waals surface area (Å²) in [5.41, 5.74) is 1.08. The summed E-state index contributed by atoms with van der Waals surface area (Å²) in [6, 6.07) is 1.64. The third kappa shape index (κ3) is 2.12. The highest BCUT2D eigenvalue weighted by Gasteiger charge is 2.47. The van der Waals surface area contributed by atoms with Gasteiger partial charge in [-0.05, 0) is 42.2 Å². The van der Waals surface area contributed by atoms with E-state index in [-0.39, 0.29) is 5.39 Å². The van der Waals surface area contributed by atoms with Gasteiger partial charge in [0.15, 0.2) is 0 Å². The van der Waals surface area contributed by atoms with Gasteiger partial charge in [-0.2, -0.15) is 13.2 Å². The Kier molecular flexibility index (Phi) is 2.64. The number of nitrogens with zero attached hydrogens (tertiary/aromatic N) is 1. The summed E-state index contributed by atoms with van der Waals surface area (Å²) < 4.78 is 38.8. The van der Waals surface area contributed by atoms with Crippen LogP contribution in [0, 0.1) is 11.3 Å². The summed E-state index contributed by atoms with van der Waals surface area (Å²) in [5, 5.41) is 3.47. The number of aromatic nitrogens is 2. The van der Waals surface area contributed by atoms with Crippen LogP contribution in [0.15, 0.2) is 18.5 Å². The van der Waals surface area contributed by atoms with Crippen molar-refractivity contribution >= 4 is 11.0 Å². The van der Waals surface area contributed by atoms with Crippen molar-refractivity contribution in [3.8, 4) is 0 Å². The van der Waals surface area contributed by atoms with E-state index in [0.29, 0.717) is 17.0 Å². The van der Waals surface area contributed by atoms with Crippen LogP contribution in [0.4, 0.5) is 13.2 Å². The van der Waals surface area contributed by atoms with Gasteiger partial charge in [0.05, 0.1) is 5.56 Å². The fraction of sp³-hybridized carbons (Fsp3) is 0.533. The first-order chi connectivity index (χ1) is 9.95. The third-order valence-electron chi connectivity index (χ3n) is 4.86. The van der Waals surface area contributed by atoms with Crippen molar-refractivity contribution in [3.63, 3.8) is 0 Å². The number of aromatic amines is 1. The molecule has 4 rings (SSSR count). The predicted molar refractivity (Wildman–Crippen MR) is 72.8 cm³/mol. The first-order valence-electron chi connectivity index (χ1n) is 7.19. The lowest BCUT2D eigenvalue weighted by Gasteiger charge is -2.54. The van der Waals surface area contributed by atoms with Crippen LogP contribution in [0.3, 0.4) is 0 Å². The molecule has 3 nitrogen and oxygen atoms in total. The fourth-order valence-corrected chi connectivity index (χ4v) is 3.80. The number of hydrogen-bond acceptors (Lipinski definition) is 2. The second kappa shape index (κ2) is 4.22. The van der Waals surface area contributed by atoms with Crippen LogP contribution in [0.2, 0.25) is 0 Å². The maximum Gasteiger partial charge on any atom is 0.418 e. The summed E-state index contributed by atoms with van der Waals surface area (Å²) in [5.74, 6) is 0.583. The summed E-state index contributed by atoms with van der Waals surface area (Å²) in [6.07, 6.45) is 1.54. The van der Waals surface area contributed by atoms with E-state index >= 15 is 0 Å². The molecule has 2 aromatic rings. The minimum Gasteiger partial charge on any atom is -0.346 e. The van der Waals surface area contributed by atoms with Crippen molar-refractivity contribution in [1.82, 2.24) is 15.3 Å². The number of pyridine rings is 1. The molecule has 2 fully saturated rings. The fourth-order valence-electron chi connectivity index (χ4n) is 3.80. The maximum atomic E-state index is 12.9. The SMILES string of the molecule is FC(F)(F)c1c[nH]c2ncc(CC3CC4(CNC4)C3)cc12. The molecule has 2 aliphatic rings. The lowest BCUT2D eigenvalue weighted by molar-refractivity contribution is -0.136. The second-order valence-corrected chi connectivity index (χ2v) is 6.52. The number of rotatable bonds is 2. The second-order valence-electron chi connectivity index (χ2n) is 6.52. The molecule has 6 heteroatoms. The third-order valence-corrected chi connectivity index (χ3v) is 4.86. The van der Waals surface area contributed by atoms with Gasteiger partial charge in [-0.25, -0.2) is 4.98 Å². The molecule has 1 aliphatic heterocycles. The quantitative estimate of drug-likeness (QED) is 0.893. The normalized spacial score (nSPS) is 21.5. The summed E-state index contributed by atoms with van der Waals surface area (Å²) >= 11 is 0. The van der Waals surface area contributed by atoms with E-state index in [0.717, 1.165) is 31.3 Å². The Morgan fingerprint density at radius 1 is 1.29 bits per heavy atom. The zero-order valence-electron chi connectivity index (χ0n) is 11.4. The van der Waals surface area contributed by atoms with Crippen LogP contribution in [0.1, 0.15) is 24.0 Å². The Labute approximate surface area is 119 Å². The van der Waals surface area contributed by atoms with Gasteiger partial charge in [0.25, 0.3) is 0 Å². The Balaban J connectivity index is 1.56. The Morgan fingerprint density at radius 2 is 2.05 bits per heavy atom. The van der Waals surface area contributed by atoms with Gasteiger partial charge in [-0.1, -0.05) is 0 Å². The number of hydrogen-bond donors (Lipinski definition) is 2. The van der Waals surface area contributed by atoms with E-state index in [1.54, 1.807) is 12.3 Å². The van der Waals surface area contributed by atoms with E-state index in [4.69, 9.17) is 0 Å². The van der Waals surface area contributed by atoms with Gasteiger partial charge >= 0.3 is 6.18 Å². The molecule has 3 heterocycles. The van der Waals surface area contributed by atoms with Gasteiger partial charge in [-0.3, -0.25) is 0 Å². The molecular formula is C15H16F3N3. The molecular weight excluding hydrogens is 279 g/mol. The monoisotopic (exact) mass is 295 g/mol. The number of fused-ring (bicyclic) bond motifs is 1. The average molecular weight is 295 g/mol. The predicted octanol–water partition coefficient (Wildman–Crippen LogP) is 3.12. The first kappa shape index (κ1) is 13.1. The largest absolute Gasteiger partial charge is 0.418 e. The summed E-state index contributed by atoms with van der Waals surface area (Å²) in [7, 11) is 0. The molecule has 2 aromatic heterocycles. The zero-order chi connectivity index (χ0) is 14.7. The van der Waals surface area contributed by atoms with Crippen LogP contribution in [0.25, 0.3) is 11.0 Å². The van der Waals surface area contributed by atoms with E-state index in [1.165, 1.54) is 12.8 Å². The van der Waals surface area contributed by atoms with Gasteiger partial charge in [-0.15, -0.1) is 0 Å². The molecule has 1 saturated heterocycles. The van der Waals surface area contributed by atoms with Crippen LogP contribution in [0.5, 0.6) is 0 Å². The van der Waals surface area contributed by atoms with E-state index in [2.05, 4.69) is 15.3 Å². The molecule has 2 N–H and O–H groups in total. The van der Waals surface area contributed by atoms with Crippen molar-refractivity contribution in [1.29, 1.82) is 0 Å². The molecule has 0 amide bonds. The van der Waals surface area contributed by atoms with Crippen LogP contribution in [-0.2, 0) is 12.6 Å². The van der Waals surface area contributed by atoms with Crippen LogP contribution >= 0.6 is 0 Å². The number of H-pyrrole nitrogens is 1. The average Bonchev–Trinajstić information content (AvgIpc) is 2.73. The molecule has 112 valence electrons. The van der Waals surface area contributed by atoms with Gasteiger partial charge in [0.2, 0.25) is 0 Å². The van der Waals surface area contributed by atoms with Crippen LogP contribution < -0.4 is 5.32 Å². The van der Waals surface area contributed by atoms with E-state index < -0.39 is 11.7 Å². The van der Waals surface area contributed by atoms with E-state index in [9.17, 15) is 13.2 Å². The number of alkyl halides is 3. The highest BCUT2D eigenvalue weighted by atomic mass is 19.4. The van der Waals surface area contributed by atoms with Crippen LogP contribution in [-0.4, -0.2) is 23.1 Å². The van der Waals surface area contributed by atoms with Gasteiger partial charge < -0.3 is 10.3 Å². The Bertz CT molecular complexity index is 677. The minimum atomic E-state index is -4.34. The summed E-state index contributed by atoms with van der Waals surface area (Å²) in [4.78, 5) is 6.72. The minimum absolute atomic E-state index is 0.180. The lowest BCUT2D eigenvalue weighted by Crippen LogP contribution is -2.60. The smallest absolute Gasteiger partial charge is 0.346 e. The lowest BCUT2D eigenvalue weighted by atomic mass is 9.57. The number of halogens is 3. The maximum absolute atomic E-state index is 12.9. The molecule has 1 aliphatic carbocycles. The van der Waals surface area contributed by atoms with E-state index in [1.807, 2.05) is 0 Å². The number of nitrogens with one attached hydrogen (secondary N) is 2. The highest BCUT2D eigenvalue weighted by molar-refractivity contribution is 5.80. The molecule has 1 saturated carbocycles. The van der Waals surface area contributed by atoms with Gasteiger partial charge in [0, 0.05) is 30.9 Å². The van der Waals surface area contributed by atoms with Crippen molar-refractivity contribution < 1.29 is 13.2 Å². The highest BCUT2D eigenvalue weighted by Crippen LogP contribution is 2.49. The standard InChI is InChI=1S/C15H16F3N3/c16-15(17,18)12-6-21-13-11(12)2-9(5-20-13)1-10-3-14(4-10)7-19-8-14/h2,5-6,10,19H,1,3-4,7-8H2,(H,20,21). The zero-order valence-corrected chi connectivity index (χ0v) is 11.4. The Morgan fingerprint density at radius 3 is 2.67 bits per heavy atom. The molecule has 21 heavy (non-hydrogen) atoms. The van der Waals surface area contributed by atoms with Crippen molar-refractivity contribution in [3.05, 3.63) is 29.6 Å². The summed E-state index contributed by atoms with van der Waals surface area (Å²) in [6.45, 7) is 2.19. The topological polar surface area (TPSA) is 40.7 Å². The van der Waals surface area contributed by atoms with Crippen molar-refractivity contribution in [2.24, 2.45) is 11.3 Å². The van der Waals surface area contributed by atoms with Crippen molar-refractivity contribution in [2.75, 3.05) is 13.1 Å². The van der Waals surface area contributed by atoms with Crippen molar-refractivity contribution in [2.45, 2.75) is 25.4 Å². The molecule has 0 unspecified atom stereocenters. The molecule has 1 spiro atoms. The first-order valence-corrected chi connectivity index (χ1v) is 7.19. The molecule has 0 bridgehead atoms. The molecule has 0 radical (unpaired) electrons. The molecule has 0 atom stereocenters.